The van der Waals surface area contributed by atoms with Crippen molar-refractivity contribution in [2.45, 2.75) is 25.8 Å². The highest BCUT2D eigenvalue weighted by Gasteiger charge is 2.11. The van der Waals surface area contributed by atoms with Crippen molar-refractivity contribution < 1.29 is 0 Å². The van der Waals surface area contributed by atoms with Gasteiger partial charge in [0, 0.05) is 19.3 Å². The molecule has 0 amide bonds. The molecule has 0 atom stereocenters. The van der Waals surface area contributed by atoms with Crippen molar-refractivity contribution in [3.05, 3.63) is 23.9 Å². The molecule has 6 heteroatoms. The molecule has 1 saturated heterocycles. The summed E-state index contributed by atoms with van der Waals surface area (Å²) in [6.45, 7) is 2.71. The quantitative estimate of drug-likeness (QED) is 0.485. The molecule has 0 spiro atoms. The fourth-order valence-corrected chi connectivity index (χ4v) is 2.04. The summed E-state index contributed by atoms with van der Waals surface area (Å²) in [6.07, 6.45) is 5.64. The maximum atomic E-state index is 5.32. The van der Waals surface area contributed by atoms with E-state index in [1.165, 1.54) is 19.3 Å². The van der Waals surface area contributed by atoms with E-state index in [4.69, 9.17) is 11.5 Å². The van der Waals surface area contributed by atoms with Crippen LogP contribution in [0.15, 0.2) is 23.3 Å². The number of aliphatic imine (C=N–C) groups is 1. The highest BCUT2D eigenvalue weighted by Crippen LogP contribution is 2.18. The molecule has 100 valence electrons. The summed E-state index contributed by atoms with van der Waals surface area (Å²) in [5, 5.41) is 0. The van der Waals surface area contributed by atoms with E-state index >= 15 is 0 Å². The van der Waals surface area contributed by atoms with Crippen LogP contribution in [0.3, 0.4) is 0 Å². The first kappa shape index (κ1) is 15.0. The van der Waals surface area contributed by atoms with Gasteiger partial charge in [-0.3, -0.25) is 0 Å². The number of halogens is 1. The lowest BCUT2D eigenvalue weighted by molar-refractivity contribution is 0.573. The van der Waals surface area contributed by atoms with Crippen LogP contribution in [0, 0.1) is 0 Å². The SMILES string of the molecule is I.NC(N)=NCc1ccnc(N2CCCCC2)c1. The third kappa shape index (κ3) is 4.32. The number of pyridine rings is 1. The third-order valence-corrected chi connectivity index (χ3v) is 2.93. The Kier molecular flexibility index (Phi) is 6.17. The number of nitrogens with two attached hydrogens (primary N) is 2. The van der Waals surface area contributed by atoms with E-state index < -0.39 is 0 Å². The summed E-state index contributed by atoms with van der Waals surface area (Å²) in [5.41, 5.74) is 11.7. The monoisotopic (exact) mass is 361 g/mol. The molecule has 1 aromatic heterocycles. The van der Waals surface area contributed by atoms with Crippen LogP contribution in [0.25, 0.3) is 0 Å². The van der Waals surface area contributed by atoms with Crippen LogP contribution >= 0.6 is 24.0 Å². The third-order valence-electron chi connectivity index (χ3n) is 2.93. The molecule has 0 unspecified atom stereocenters. The molecule has 2 heterocycles. The normalized spacial score (nSPS) is 14.8. The molecule has 0 bridgehead atoms. The van der Waals surface area contributed by atoms with E-state index in [-0.39, 0.29) is 29.9 Å². The Morgan fingerprint density at radius 2 is 2.00 bits per heavy atom. The van der Waals surface area contributed by atoms with Crippen LogP contribution in [-0.4, -0.2) is 24.0 Å². The maximum Gasteiger partial charge on any atom is 0.186 e. The molecule has 0 aliphatic carbocycles. The van der Waals surface area contributed by atoms with E-state index in [0.29, 0.717) is 6.54 Å². The molecule has 2 rings (SSSR count). The second-order valence-corrected chi connectivity index (χ2v) is 4.31. The van der Waals surface area contributed by atoms with E-state index in [1.807, 2.05) is 12.3 Å². The summed E-state index contributed by atoms with van der Waals surface area (Å²) in [4.78, 5) is 10.7. The predicted octanol–water partition coefficient (Wildman–Crippen LogP) is 1.46. The van der Waals surface area contributed by atoms with Crippen molar-refractivity contribution in [1.82, 2.24) is 4.98 Å². The van der Waals surface area contributed by atoms with Gasteiger partial charge in [-0.25, -0.2) is 9.98 Å². The van der Waals surface area contributed by atoms with Gasteiger partial charge in [-0.2, -0.15) is 0 Å². The van der Waals surface area contributed by atoms with Crippen LogP contribution in [-0.2, 0) is 6.54 Å². The Balaban J connectivity index is 0.00000162. The van der Waals surface area contributed by atoms with Crippen molar-refractivity contribution in [2.24, 2.45) is 16.5 Å². The Morgan fingerprint density at radius 1 is 1.28 bits per heavy atom. The Bertz CT molecular complexity index is 397. The number of hydrogen-bond acceptors (Lipinski definition) is 3. The van der Waals surface area contributed by atoms with Gasteiger partial charge in [0.25, 0.3) is 0 Å². The largest absolute Gasteiger partial charge is 0.370 e. The Labute approximate surface area is 125 Å². The van der Waals surface area contributed by atoms with Crippen LogP contribution < -0.4 is 16.4 Å². The van der Waals surface area contributed by atoms with Crippen LogP contribution in [0.4, 0.5) is 5.82 Å². The van der Waals surface area contributed by atoms with E-state index in [1.54, 1.807) is 0 Å². The van der Waals surface area contributed by atoms with Crippen LogP contribution in [0.2, 0.25) is 0 Å². The average Bonchev–Trinajstić information content (AvgIpc) is 2.38. The first-order valence-corrected chi connectivity index (χ1v) is 6.01. The molecule has 1 fully saturated rings. The van der Waals surface area contributed by atoms with Crippen molar-refractivity contribution in [3.8, 4) is 0 Å². The van der Waals surface area contributed by atoms with Gasteiger partial charge in [0.2, 0.25) is 0 Å². The van der Waals surface area contributed by atoms with Crippen molar-refractivity contribution in [3.63, 3.8) is 0 Å². The second kappa shape index (κ2) is 7.40. The minimum atomic E-state index is 0. The fourth-order valence-electron chi connectivity index (χ4n) is 2.04. The molecular weight excluding hydrogens is 341 g/mol. The average molecular weight is 361 g/mol. The van der Waals surface area contributed by atoms with Crippen LogP contribution in [0.1, 0.15) is 24.8 Å². The van der Waals surface area contributed by atoms with E-state index in [2.05, 4.69) is 20.9 Å². The standard InChI is InChI=1S/C12H19N5.HI/c13-12(14)16-9-10-4-5-15-11(8-10)17-6-2-1-3-7-17;/h4-5,8H,1-3,6-7,9H2,(H4,13,14,16);1H. The fraction of sp³-hybridized carbons (Fsp3) is 0.500. The summed E-state index contributed by atoms with van der Waals surface area (Å²) >= 11 is 0. The molecule has 5 nitrogen and oxygen atoms in total. The summed E-state index contributed by atoms with van der Waals surface area (Å²) < 4.78 is 0. The predicted molar refractivity (Wildman–Crippen MR) is 85.2 cm³/mol. The van der Waals surface area contributed by atoms with Gasteiger partial charge in [0.05, 0.1) is 6.54 Å². The highest BCUT2D eigenvalue weighted by atomic mass is 127. The van der Waals surface area contributed by atoms with E-state index in [0.717, 1.165) is 24.5 Å². The maximum absolute atomic E-state index is 5.32. The molecule has 1 aliphatic rings. The van der Waals surface area contributed by atoms with Gasteiger partial charge in [0.15, 0.2) is 5.96 Å². The number of hydrogen-bond donors (Lipinski definition) is 2. The molecule has 1 aliphatic heterocycles. The Morgan fingerprint density at radius 3 is 2.67 bits per heavy atom. The molecule has 4 N–H and O–H groups in total. The smallest absolute Gasteiger partial charge is 0.186 e. The lowest BCUT2D eigenvalue weighted by atomic mass is 10.1. The van der Waals surface area contributed by atoms with Crippen molar-refractivity contribution in [2.75, 3.05) is 18.0 Å². The van der Waals surface area contributed by atoms with Gasteiger partial charge in [-0.05, 0) is 37.0 Å². The summed E-state index contributed by atoms with van der Waals surface area (Å²) in [5.74, 6) is 1.16. The first-order valence-electron chi connectivity index (χ1n) is 6.01. The Hall–Kier alpha value is -1.05. The number of anilines is 1. The molecule has 0 radical (unpaired) electrons. The minimum absolute atomic E-state index is 0. The number of aromatic nitrogens is 1. The van der Waals surface area contributed by atoms with Gasteiger partial charge in [-0.1, -0.05) is 0 Å². The van der Waals surface area contributed by atoms with Gasteiger partial charge in [-0.15, -0.1) is 24.0 Å². The molecule has 1 aromatic rings. The molecule has 0 aromatic carbocycles. The zero-order chi connectivity index (χ0) is 12.1. The second-order valence-electron chi connectivity index (χ2n) is 4.31. The van der Waals surface area contributed by atoms with E-state index in [9.17, 15) is 0 Å². The summed E-state index contributed by atoms with van der Waals surface area (Å²) in [6, 6.07) is 4.01. The molecular formula is C12H20IN5. The van der Waals surface area contributed by atoms with Crippen molar-refractivity contribution >= 4 is 35.8 Å². The number of nitrogens with zero attached hydrogens (tertiary/aromatic N) is 3. The lowest BCUT2D eigenvalue weighted by Crippen LogP contribution is -2.30. The lowest BCUT2D eigenvalue weighted by Gasteiger charge is -2.27. The number of piperidine rings is 1. The van der Waals surface area contributed by atoms with Gasteiger partial charge in [0.1, 0.15) is 5.82 Å². The first-order chi connectivity index (χ1) is 8.25. The van der Waals surface area contributed by atoms with Gasteiger partial charge >= 0.3 is 0 Å². The highest BCUT2D eigenvalue weighted by molar-refractivity contribution is 14.0. The zero-order valence-electron chi connectivity index (χ0n) is 10.4. The van der Waals surface area contributed by atoms with Crippen LogP contribution in [0.5, 0.6) is 0 Å². The minimum Gasteiger partial charge on any atom is -0.370 e. The summed E-state index contributed by atoms with van der Waals surface area (Å²) in [7, 11) is 0. The topological polar surface area (TPSA) is 80.5 Å². The number of guanidine groups is 1. The zero-order valence-corrected chi connectivity index (χ0v) is 12.7. The molecule has 0 saturated carbocycles. The molecule has 18 heavy (non-hydrogen) atoms. The number of rotatable bonds is 3. The van der Waals surface area contributed by atoms with Gasteiger partial charge < -0.3 is 16.4 Å². The van der Waals surface area contributed by atoms with Crippen molar-refractivity contribution in [1.29, 1.82) is 0 Å².